The molecular weight excluding hydrogens is 340 g/mol. The number of aryl methyl sites for hydroxylation is 1. The Balaban J connectivity index is 2.02. The number of hydrogen-bond donors (Lipinski definition) is 0. The highest BCUT2D eigenvalue weighted by Crippen LogP contribution is 2.41. The molecule has 0 aromatic heterocycles. The quantitative estimate of drug-likeness (QED) is 0.586. The van der Waals surface area contributed by atoms with Gasteiger partial charge in [0.05, 0.1) is 13.7 Å². The first-order valence-corrected chi connectivity index (χ1v) is 9.15. The Labute approximate surface area is 159 Å². The highest BCUT2D eigenvalue weighted by Gasteiger charge is 2.39. The lowest BCUT2D eigenvalue weighted by atomic mass is 9.73. The van der Waals surface area contributed by atoms with E-state index in [0.29, 0.717) is 12.2 Å². The Kier molecular flexibility index (Phi) is 5.75. The van der Waals surface area contributed by atoms with Gasteiger partial charge < -0.3 is 9.47 Å². The van der Waals surface area contributed by atoms with E-state index in [1.165, 1.54) is 0 Å². The second kappa shape index (κ2) is 8.21. The summed E-state index contributed by atoms with van der Waals surface area (Å²) in [7, 11) is 1.60. The van der Waals surface area contributed by atoms with Gasteiger partial charge in [-0.1, -0.05) is 42.0 Å². The van der Waals surface area contributed by atoms with Crippen LogP contribution in [0.5, 0.6) is 5.75 Å². The fourth-order valence-corrected chi connectivity index (χ4v) is 3.54. The third-order valence-corrected chi connectivity index (χ3v) is 4.95. The highest BCUT2D eigenvalue weighted by molar-refractivity contribution is 6.10. The van der Waals surface area contributed by atoms with Crippen LogP contribution >= 0.6 is 0 Å². The van der Waals surface area contributed by atoms with E-state index in [1.54, 1.807) is 20.1 Å². The van der Waals surface area contributed by atoms with Crippen molar-refractivity contribution >= 4 is 17.3 Å². The van der Waals surface area contributed by atoms with Crippen LogP contribution in [0.25, 0.3) is 5.57 Å². The van der Waals surface area contributed by atoms with Gasteiger partial charge in [-0.3, -0.25) is 9.59 Å². The number of carbonyl (C=O) groups excluding carboxylic acids is 2. The van der Waals surface area contributed by atoms with E-state index < -0.39 is 11.9 Å². The summed E-state index contributed by atoms with van der Waals surface area (Å²) in [5.74, 6) is -1.08. The standard InChI is InChI=1S/C23H24O4/c1-4-27-23(25)22-20(17-6-5-7-19(12-17)26-3)13-18(14-21(22)24)16-10-8-15(2)9-11-16/h5-12,14,20,22H,4,13H2,1-3H3/t20-,22-/m0/s1. The first-order chi connectivity index (χ1) is 13.0. The number of esters is 1. The van der Waals surface area contributed by atoms with Crippen LogP contribution in [0.2, 0.25) is 0 Å². The second-order valence-corrected chi connectivity index (χ2v) is 6.75. The van der Waals surface area contributed by atoms with Crippen molar-refractivity contribution in [3.05, 3.63) is 71.3 Å². The number of ether oxygens (including phenoxy) is 2. The minimum absolute atomic E-state index is 0.205. The molecule has 0 amide bonds. The lowest BCUT2D eigenvalue weighted by Gasteiger charge is -2.29. The van der Waals surface area contributed by atoms with Gasteiger partial charge in [0.25, 0.3) is 0 Å². The van der Waals surface area contributed by atoms with Gasteiger partial charge in [-0.2, -0.15) is 0 Å². The monoisotopic (exact) mass is 364 g/mol. The Hall–Kier alpha value is -2.88. The van der Waals surface area contributed by atoms with E-state index in [4.69, 9.17) is 9.47 Å². The topological polar surface area (TPSA) is 52.6 Å². The van der Waals surface area contributed by atoms with Gasteiger partial charge in [-0.05, 0) is 55.2 Å². The molecular formula is C23H24O4. The van der Waals surface area contributed by atoms with Gasteiger partial charge in [0.1, 0.15) is 11.7 Å². The van der Waals surface area contributed by atoms with Crippen LogP contribution in [-0.4, -0.2) is 25.5 Å². The molecule has 27 heavy (non-hydrogen) atoms. The van der Waals surface area contributed by atoms with Crippen LogP contribution in [0.1, 0.15) is 36.0 Å². The molecule has 1 aliphatic rings. The summed E-state index contributed by atoms with van der Waals surface area (Å²) < 4.78 is 10.5. The molecule has 0 aliphatic heterocycles. The number of allylic oxidation sites excluding steroid dienone is 2. The lowest BCUT2D eigenvalue weighted by Crippen LogP contribution is -2.34. The highest BCUT2D eigenvalue weighted by atomic mass is 16.5. The minimum atomic E-state index is -0.828. The molecule has 0 fully saturated rings. The normalized spacial score (nSPS) is 19.4. The maximum absolute atomic E-state index is 12.9. The molecule has 2 aromatic rings. The molecule has 0 saturated heterocycles. The van der Waals surface area contributed by atoms with Crippen LogP contribution in [0.4, 0.5) is 0 Å². The van der Waals surface area contributed by atoms with E-state index in [0.717, 1.165) is 22.3 Å². The molecule has 0 heterocycles. The van der Waals surface area contributed by atoms with E-state index in [9.17, 15) is 9.59 Å². The summed E-state index contributed by atoms with van der Waals surface area (Å²) in [6, 6.07) is 15.6. The Morgan fingerprint density at radius 2 is 1.89 bits per heavy atom. The number of rotatable bonds is 5. The maximum Gasteiger partial charge on any atom is 0.317 e. The summed E-state index contributed by atoms with van der Waals surface area (Å²) in [6.45, 7) is 4.03. The number of ketones is 1. The summed E-state index contributed by atoms with van der Waals surface area (Å²) >= 11 is 0. The van der Waals surface area contributed by atoms with Gasteiger partial charge in [-0.25, -0.2) is 0 Å². The molecule has 0 N–H and O–H groups in total. The number of benzene rings is 2. The molecule has 0 radical (unpaired) electrons. The molecule has 4 heteroatoms. The summed E-state index contributed by atoms with van der Waals surface area (Å²) in [5.41, 5.74) is 4.01. The van der Waals surface area contributed by atoms with Crippen molar-refractivity contribution in [2.45, 2.75) is 26.2 Å². The third kappa shape index (κ3) is 4.11. The molecule has 0 saturated carbocycles. The minimum Gasteiger partial charge on any atom is -0.497 e. The van der Waals surface area contributed by atoms with Gasteiger partial charge in [-0.15, -0.1) is 0 Å². The van der Waals surface area contributed by atoms with Crippen molar-refractivity contribution in [1.82, 2.24) is 0 Å². The molecule has 0 bridgehead atoms. The first-order valence-electron chi connectivity index (χ1n) is 9.15. The fraction of sp³-hybridized carbons (Fsp3) is 0.304. The molecule has 3 rings (SSSR count). The summed E-state index contributed by atoms with van der Waals surface area (Å²) in [4.78, 5) is 25.4. The number of carbonyl (C=O) groups is 2. The number of hydrogen-bond acceptors (Lipinski definition) is 4. The molecule has 4 nitrogen and oxygen atoms in total. The van der Waals surface area contributed by atoms with Crippen molar-refractivity contribution in [3.8, 4) is 5.75 Å². The average molecular weight is 364 g/mol. The van der Waals surface area contributed by atoms with Crippen molar-refractivity contribution in [3.63, 3.8) is 0 Å². The van der Waals surface area contributed by atoms with Crippen LogP contribution < -0.4 is 4.74 Å². The average Bonchev–Trinajstić information content (AvgIpc) is 2.68. The van der Waals surface area contributed by atoms with Crippen molar-refractivity contribution < 1.29 is 19.1 Å². The Bertz CT molecular complexity index is 864. The van der Waals surface area contributed by atoms with Gasteiger partial charge in [0.15, 0.2) is 5.78 Å². The van der Waals surface area contributed by atoms with Gasteiger partial charge >= 0.3 is 5.97 Å². The molecule has 140 valence electrons. The Morgan fingerprint density at radius 1 is 1.15 bits per heavy atom. The van der Waals surface area contributed by atoms with Crippen molar-refractivity contribution in [2.24, 2.45) is 5.92 Å². The van der Waals surface area contributed by atoms with Crippen LogP contribution in [0.3, 0.4) is 0 Å². The van der Waals surface area contributed by atoms with Crippen molar-refractivity contribution in [2.75, 3.05) is 13.7 Å². The van der Waals surface area contributed by atoms with Gasteiger partial charge in [0.2, 0.25) is 0 Å². The predicted molar refractivity (Wildman–Crippen MR) is 105 cm³/mol. The predicted octanol–water partition coefficient (Wildman–Crippen LogP) is 4.32. The second-order valence-electron chi connectivity index (χ2n) is 6.75. The van der Waals surface area contributed by atoms with Gasteiger partial charge in [0, 0.05) is 5.92 Å². The van der Waals surface area contributed by atoms with Crippen molar-refractivity contribution in [1.29, 1.82) is 0 Å². The molecule has 2 aromatic carbocycles. The summed E-state index contributed by atoms with van der Waals surface area (Å²) in [6.07, 6.45) is 2.19. The smallest absolute Gasteiger partial charge is 0.317 e. The summed E-state index contributed by atoms with van der Waals surface area (Å²) in [5, 5.41) is 0. The van der Waals surface area contributed by atoms with E-state index >= 15 is 0 Å². The molecule has 0 spiro atoms. The molecule has 2 atom stereocenters. The zero-order valence-electron chi connectivity index (χ0n) is 15.9. The fourth-order valence-electron chi connectivity index (χ4n) is 3.54. The van der Waals surface area contributed by atoms with Crippen LogP contribution in [0.15, 0.2) is 54.6 Å². The molecule has 0 unspecified atom stereocenters. The van der Waals surface area contributed by atoms with E-state index in [2.05, 4.69) is 0 Å². The van der Waals surface area contributed by atoms with E-state index in [-0.39, 0.29) is 18.3 Å². The lowest BCUT2D eigenvalue weighted by molar-refractivity contribution is -0.151. The third-order valence-electron chi connectivity index (χ3n) is 4.95. The zero-order valence-corrected chi connectivity index (χ0v) is 15.9. The maximum atomic E-state index is 12.9. The molecule has 1 aliphatic carbocycles. The van der Waals surface area contributed by atoms with E-state index in [1.807, 2.05) is 55.5 Å². The Morgan fingerprint density at radius 3 is 2.56 bits per heavy atom. The SMILES string of the molecule is CCOC(=O)[C@@H]1C(=O)C=C(c2ccc(C)cc2)C[C@H]1c1cccc(OC)c1. The van der Waals surface area contributed by atoms with Crippen LogP contribution in [0, 0.1) is 12.8 Å². The number of methoxy groups -OCH3 is 1. The largest absolute Gasteiger partial charge is 0.497 e. The van der Waals surface area contributed by atoms with Crippen LogP contribution in [-0.2, 0) is 14.3 Å². The zero-order chi connectivity index (χ0) is 19.4. The first kappa shape index (κ1) is 18.9.